The Kier molecular flexibility index (Phi) is 6.82. The van der Waals surface area contributed by atoms with Gasteiger partial charge in [0, 0.05) is 19.7 Å². The maximum absolute atomic E-state index is 6.18. The van der Waals surface area contributed by atoms with Gasteiger partial charge in [0.1, 0.15) is 0 Å². The second-order valence-corrected chi connectivity index (χ2v) is 8.01. The van der Waals surface area contributed by atoms with E-state index in [0.29, 0.717) is 21.9 Å². The molecule has 0 radical (unpaired) electrons. The van der Waals surface area contributed by atoms with Gasteiger partial charge in [0.25, 0.3) is 0 Å². The number of rotatable bonds is 5. The molecule has 2 aliphatic rings. The summed E-state index contributed by atoms with van der Waals surface area (Å²) < 4.78 is 5.54. The fourth-order valence-corrected chi connectivity index (χ4v) is 4.57. The molecule has 1 N–H and O–H groups in total. The highest BCUT2D eigenvalue weighted by Crippen LogP contribution is 2.31. The first-order valence-electron chi connectivity index (χ1n) is 9.05. The molecule has 0 saturated carbocycles. The number of nitrogens with zero attached hydrogens (tertiary/aromatic N) is 1. The van der Waals surface area contributed by atoms with Crippen molar-refractivity contribution in [3.63, 3.8) is 0 Å². The summed E-state index contributed by atoms with van der Waals surface area (Å²) in [4.78, 5) is 2.70. The summed E-state index contributed by atoms with van der Waals surface area (Å²) in [5.41, 5.74) is 1.28. The number of ether oxygens (including phenoxy) is 1. The Balaban J connectivity index is 1.63. The summed E-state index contributed by atoms with van der Waals surface area (Å²) >= 11 is 12.2. The van der Waals surface area contributed by atoms with Gasteiger partial charge in [-0.15, -0.1) is 0 Å². The third-order valence-corrected chi connectivity index (χ3v) is 6.35. The van der Waals surface area contributed by atoms with Crippen molar-refractivity contribution < 1.29 is 4.74 Å². The predicted molar refractivity (Wildman–Crippen MR) is 101 cm³/mol. The molecule has 2 saturated heterocycles. The molecule has 0 unspecified atom stereocenters. The molecule has 1 aromatic rings. The minimum absolute atomic E-state index is 0.591. The number of benzene rings is 1. The van der Waals surface area contributed by atoms with Gasteiger partial charge in [-0.25, -0.2) is 0 Å². The van der Waals surface area contributed by atoms with Crippen LogP contribution >= 0.6 is 23.2 Å². The molecule has 3 nitrogen and oxygen atoms in total. The van der Waals surface area contributed by atoms with Gasteiger partial charge in [-0.1, -0.05) is 29.3 Å². The van der Waals surface area contributed by atoms with Crippen molar-refractivity contribution in [2.75, 3.05) is 39.9 Å². The molecule has 0 aromatic heterocycles. The minimum atomic E-state index is 0.591. The Labute approximate surface area is 155 Å². The number of piperidine rings is 2. The van der Waals surface area contributed by atoms with Crippen molar-refractivity contribution in [1.82, 2.24) is 10.2 Å². The Morgan fingerprint density at radius 1 is 1.12 bits per heavy atom. The van der Waals surface area contributed by atoms with Gasteiger partial charge in [-0.3, -0.25) is 4.90 Å². The maximum Gasteiger partial charge on any atom is 0.0595 e. The van der Waals surface area contributed by atoms with E-state index in [1.807, 2.05) is 19.2 Å². The lowest BCUT2D eigenvalue weighted by Gasteiger charge is -2.43. The molecule has 1 aromatic carbocycles. The maximum atomic E-state index is 6.18. The SMILES string of the molecule is COC[C@@H]1CN(C2CCNCC2)CC[C@@H]1Cc1ccc(Cl)c(Cl)c1. The van der Waals surface area contributed by atoms with E-state index >= 15 is 0 Å². The molecule has 134 valence electrons. The third-order valence-electron chi connectivity index (χ3n) is 5.61. The van der Waals surface area contributed by atoms with Crippen molar-refractivity contribution in [3.05, 3.63) is 33.8 Å². The molecule has 2 atom stereocenters. The molecular formula is C19H28Cl2N2O. The molecule has 0 amide bonds. The predicted octanol–water partition coefficient (Wildman–Crippen LogP) is 3.87. The zero-order valence-electron chi connectivity index (χ0n) is 14.4. The fraction of sp³-hybridized carbons (Fsp3) is 0.684. The van der Waals surface area contributed by atoms with Crippen LogP contribution in [0.5, 0.6) is 0 Å². The van der Waals surface area contributed by atoms with Crippen LogP contribution in [0.25, 0.3) is 0 Å². The normalized spacial score (nSPS) is 26.6. The average Bonchev–Trinajstić information content (AvgIpc) is 2.61. The van der Waals surface area contributed by atoms with Crippen LogP contribution in [0, 0.1) is 11.8 Å². The molecule has 2 fully saturated rings. The lowest BCUT2D eigenvalue weighted by molar-refractivity contribution is 0.0247. The van der Waals surface area contributed by atoms with Crippen molar-refractivity contribution in [2.45, 2.75) is 31.7 Å². The zero-order valence-corrected chi connectivity index (χ0v) is 16.0. The van der Waals surface area contributed by atoms with Gasteiger partial charge in [0.05, 0.1) is 16.7 Å². The van der Waals surface area contributed by atoms with E-state index < -0.39 is 0 Å². The van der Waals surface area contributed by atoms with E-state index in [1.54, 1.807) is 0 Å². The highest BCUT2D eigenvalue weighted by molar-refractivity contribution is 6.42. The van der Waals surface area contributed by atoms with E-state index in [4.69, 9.17) is 27.9 Å². The monoisotopic (exact) mass is 370 g/mol. The van der Waals surface area contributed by atoms with Gasteiger partial charge in [0.15, 0.2) is 0 Å². The lowest BCUT2D eigenvalue weighted by atomic mass is 9.80. The second kappa shape index (κ2) is 8.86. The van der Waals surface area contributed by atoms with Crippen LogP contribution in [0.15, 0.2) is 18.2 Å². The summed E-state index contributed by atoms with van der Waals surface area (Å²) in [7, 11) is 1.82. The quantitative estimate of drug-likeness (QED) is 0.850. The Hall–Kier alpha value is -0.320. The summed E-state index contributed by atoms with van der Waals surface area (Å²) in [6.45, 7) is 5.51. The summed E-state index contributed by atoms with van der Waals surface area (Å²) in [5.74, 6) is 1.24. The molecule has 0 spiro atoms. The molecule has 2 aliphatic heterocycles. The van der Waals surface area contributed by atoms with Crippen LogP contribution in [-0.2, 0) is 11.2 Å². The summed E-state index contributed by atoms with van der Waals surface area (Å²) in [6.07, 6.45) is 4.84. The fourth-order valence-electron chi connectivity index (χ4n) is 4.25. The third kappa shape index (κ3) is 4.64. The van der Waals surface area contributed by atoms with Crippen LogP contribution in [0.2, 0.25) is 10.0 Å². The molecular weight excluding hydrogens is 343 g/mol. The second-order valence-electron chi connectivity index (χ2n) is 7.19. The Bertz CT molecular complexity index is 534. The first-order valence-corrected chi connectivity index (χ1v) is 9.80. The van der Waals surface area contributed by atoms with Crippen molar-refractivity contribution in [2.24, 2.45) is 11.8 Å². The van der Waals surface area contributed by atoms with Crippen LogP contribution < -0.4 is 5.32 Å². The van der Waals surface area contributed by atoms with Crippen LogP contribution in [0.3, 0.4) is 0 Å². The van der Waals surface area contributed by atoms with E-state index in [9.17, 15) is 0 Å². The smallest absolute Gasteiger partial charge is 0.0595 e. The van der Waals surface area contributed by atoms with Crippen LogP contribution in [0.4, 0.5) is 0 Å². The number of hydrogen-bond donors (Lipinski definition) is 1. The highest BCUT2D eigenvalue weighted by atomic mass is 35.5. The lowest BCUT2D eigenvalue weighted by Crippen LogP contribution is -2.50. The van der Waals surface area contributed by atoms with Crippen LogP contribution in [0.1, 0.15) is 24.8 Å². The molecule has 2 heterocycles. The standard InChI is InChI=1S/C19H28Cl2N2O/c1-24-13-16-12-23(17-4-7-22-8-5-17)9-6-15(16)10-14-2-3-18(20)19(21)11-14/h2-3,11,15-17,22H,4-10,12-13H2,1H3/t15-,16+/m1/s1. The number of methoxy groups -OCH3 is 1. The van der Waals surface area contributed by atoms with Crippen molar-refractivity contribution in [3.8, 4) is 0 Å². The topological polar surface area (TPSA) is 24.5 Å². The molecule has 3 rings (SSSR count). The van der Waals surface area contributed by atoms with E-state index in [2.05, 4.69) is 16.3 Å². The van der Waals surface area contributed by atoms with E-state index in [1.165, 1.54) is 31.4 Å². The molecule has 5 heteroatoms. The molecule has 24 heavy (non-hydrogen) atoms. The first kappa shape index (κ1) is 18.5. The summed E-state index contributed by atoms with van der Waals surface area (Å²) in [6, 6.07) is 6.79. The van der Waals surface area contributed by atoms with Gasteiger partial charge < -0.3 is 10.1 Å². The summed E-state index contributed by atoms with van der Waals surface area (Å²) in [5, 5.41) is 4.76. The Morgan fingerprint density at radius 3 is 2.62 bits per heavy atom. The minimum Gasteiger partial charge on any atom is -0.384 e. The van der Waals surface area contributed by atoms with Gasteiger partial charge >= 0.3 is 0 Å². The van der Waals surface area contributed by atoms with Crippen LogP contribution in [-0.4, -0.2) is 50.8 Å². The number of hydrogen-bond acceptors (Lipinski definition) is 3. The number of halogens is 2. The Morgan fingerprint density at radius 2 is 1.92 bits per heavy atom. The van der Waals surface area contributed by atoms with E-state index in [0.717, 1.165) is 38.7 Å². The van der Waals surface area contributed by atoms with Gasteiger partial charge in [0.2, 0.25) is 0 Å². The van der Waals surface area contributed by atoms with Gasteiger partial charge in [-0.05, 0) is 74.8 Å². The highest BCUT2D eigenvalue weighted by Gasteiger charge is 2.33. The zero-order chi connectivity index (χ0) is 16.9. The van der Waals surface area contributed by atoms with Gasteiger partial charge in [-0.2, -0.15) is 0 Å². The first-order chi connectivity index (χ1) is 11.7. The molecule has 0 bridgehead atoms. The number of nitrogens with one attached hydrogen (secondary N) is 1. The number of likely N-dealkylation sites (tertiary alicyclic amines) is 1. The van der Waals surface area contributed by atoms with E-state index in [-0.39, 0.29) is 0 Å². The molecule has 0 aliphatic carbocycles. The van der Waals surface area contributed by atoms with Crippen molar-refractivity contribution in [1.29, 1.82) is 0 Å². The average molecular weight is 371 g/mol. The largest absolute Gasteiger partial charge is 0.384 e. The van der Waals surface area contributed by atoms with Crippen molar-refractivity contribution >= 4 is 23.2 Å².